The Morgan fingerprint density at radius 2 is 1.12 bits per heavy atom. The van der Waals surface area contributed by atoms with E-state index in [-0.39, 0.29) is 45.3 Å². The number of hydrogen-bond acceptors (Lipinski definition) is 1. The maximum absolute atomic E-state index is 8.88. The second kappa shape index (κ2) is 8.35. The van der Waals surface area contributed by atoms with E-state index in [1.165, 1.54) is 0 Å². The van der Waals surface area contributed by atoms with Crippen LogP contribution in [-0.4, -0.2) is 33.5 Å². The molecule has 4 nitrogen and oxygen atoms in total. The largest absolute Gasteiger partial charge is 0 e. The van der Waals surface area contributed by atoms with E-state index in [1.807, 2.05) is 0 Å². The van der Waals surface area contributed by atoms with Crippen LogP contribution in [0.15, 0.2) is 0 Å². The van der Waals surface area contributed by atoms with Gasteiger partial charge in [0.1, 0.15) is 0 Å². The average molecular weight is 173 g/mol. The van der Waals surface area contributed by atoms with E-state index < -0.39 is 7.82 Å². The quantitative estimate of drug-likeness (QED) is 0.318. The van der Waals surface area contributed by atoms with Gasteiger partial charge in [-0.1, -0.05) is 0 Å². The molecule has 0 atom stereocenters. The zero-order valence-corrected chi connectivity index (χ0v) is 5.53. The molecule has 3 N–H and O–H groups in total. The molecule has 0 unspecified atom stereocenters. The summed E-state index contributed by atoms with van der Waals surface area (Å²) in [5.74, 6) is 0. The van der Waals surface area contributed by atoms with Crippen LogP contribution in [0.2, 0.25) is 0 Å². The van der Waals surface area contributed by atoms with Crippen LogP contribution in [0, 0.1) is 0 Å². The summed E-state index contributed by atoms with van der Waals surface area (Å²) in [4.78, 5) is 21.6. The first-order chi connectivity index (χ1) is 2.00. The van der Waals surface area contributed by atoms with Crippen LogP contribution in [0.5, 0.6) is 0 Å². The van der Waals surface area contributed by atoms with E-state index in [2.05, 4.69) is 0 Å². The van der Waals surface area contributed by atoms with Crippen molar-refractivity contribution in [2.75, 3.05) is 0 Å². The van der Waals surface area contributed by atoms with Gasteiger partial charge in [0.15, 0.2) is 0 Å². The van der Waals surface area contributed by atoms with Gasteiger partial charge < -0.3 is 14.7 Å². The Morgan fingerprint density at radius 3 is 1.12 bits per heavy atom. The fourth-order valence-electron chi connectivity index (χ4n) is 0. The predicted molar refractivity (Wildman–Crippen MR) is 22.5 cm³/mol. The molecule has 0 spiro atoms. The molecule has 0 amide bonds. The number of phosphoric acid groups is 1. The van der Waals surface area contributed by atoms with Gasteiger partial charge in [0, 0.05) is 26.4 Å². The van der Waals surface area contributed by atoms with Gasteiger partial charge in [-0.05, 0) is 0 Å². The van der Waals surface area contributed by atoms with Crippen LogP contribution in [0.4, 0.5) is 4.70 Å². The van der Waals surface area contributed by atoms with Crippen molar-refractivity contribution in [3.8, 4) is 0 Å². The molecule has 0 aliphatic rings. The molecule has 0 saturated carbocycles. The Morgan fingerprint density at radius 1 is 1.12 bits per heavy atom. The number of rotatable bonds is 0. The summed E-state index contributed by atoms with van der Waals surface area (Å²) in [6.07, 6.45) is 0. The molecule has 0 aliphatic heterocycles. The summed E-state index contributed by atoms with van der Waals surface area (Å²) < 4.78 is 8.88. The molecule has 0 heterocycles. The summed E-state index contributed by atoms with van der Waals surface area (Å²) in [6, 6.07) is 0. The molecule has 0 aromatic rings. The molecule has 0 aromatic carbocycles. The van der Waals surface area contributed by atoms with Gasteiger partial charge in [0.05, 0.1) is 0 Å². The minimum atomic E-state index is -4.64. The molecular weight excluding hydrogens is 169 g/mol. The van der Waals surface area contributed by atoms with Crippen LogP contribution in [0.25, 0.3) is 0 Å². The molecule has 8 heavy (non-hydrogen) atoms. The van der Waals surface area contributed by atoms with Crippen molar-refractivity contribution >= 4 is 26.7 Å². The van der Waals surface area contributed by atoms with Gasteiger partial charge in [-0.25, -0.2) is 4.57 Å². The molecule has 0 aromatic heterocycles. The Hall–Kier alpha value is 1.35. The van der Waals surface area contributed by atoms with Crippen molar-refractivity contribution in [3.05, 3.63) is 0 Å². The first-order valence-corrected chi connectivity index (χ1v) is 2.35. The Bertz CT molecular complexity index is 62.2. The Labute approximate surface area is 72.3 Å². The smallest absolute Gasteiger partial charge is 0 e. The minimum Gasteiger partial charge on any atom is 0 e. The number of halogens is 1. The second-order valence-corrected chi connectivity index (χ2v) is 1.54. The molecule has 0 aliphatic carbocycles. The summed E-state index contributed by atoms with van der Waals surface area (Å²) in [7, 11) is -4.64. The molecular formula is H4FLiO4PTi. The van der Waals surface area contributed by atoms with Crippen LogP contribution in [0.1, 0.15) is 0 Å². The van der Waals surface area contributed by atoms with E-state index in [0.717, 1.165) is 0 Å². The topological polar surface area (TPSA) is 77.8 Å². The fraction of sp³-hybridized carbons (Fsp3) is 0. The molecule has 0 fully saturated rings. The van der Waals surface area contributed by atoms with E-state index in [9.17, 15) is 0 Å². The zero-order chi connectivity index (χ0) is 4.50. The van der Waals surface area contributed by atoms with Gasteiger partial charge in [-0.3, -0.25) is 0 Å². The Kier molecular flexibility index (Phi) is 23.8. The summed E-state index contributed by atoms with van der Waals surface area (Å²) in [5, 5.41) is 0. The van der Waals surface area contributed by atoms with E-state index in [4.69, 9.17) is 19.2 Å². The first kappa shape index (κ1) is 22.8. The fourth-order valence-corrected chi connectivity index (χ4v) is 0. The Balaban J connectivity index is -0.0000000267. The van der Waals surface area contributed by atoms with Gasteiger partial charge in [0.25, 0.3) is 0 Å². The SMILES string of the molecule is O=P(O)(O)O.[F].[LiH].[Ti]. The molecule has 0 rings (SSSR count). The maximum Gasteiger partial charge on any atom is 0 e. The third-order valence-electron chi connectivity index (χ3n) is 0. The molecule has 0 bridgehead atoms. The van der Waals surface area contributed by atoms with Crippen LogP contribution >= 0.6 is 7.82 Å². The monoisotopic (exact) mass is 173 g/mol. The van der Waals surface area contributed by atoms with Gasteiger partial charge in [-0.2, -0.15) is 0 Å². The maximum atomic E-state index is 8.88. The molecule has 8 heteroatoms. The zero-order valence-electron chi connectivity index (χ0n) is 3.08. The number of hydrogen-bond donors (Lipinski definition) is 3. The van der Waals surface area contributed by atoms with Gasteiger partial charge >= 0.3 is 26.7 Å². The van der Waals surface area contributed by atoms with Crippen LogP contribution in [0.3, 0.4) is 0 Å². The third kappa shape index (κ3) is 162. The standard InChI is InChI=1S/F.Li.H3O4P.Ti.H/c;;1-5(2,3)4;;/h;;(H3,1,2,3,4);;. The molecule has 0 saturated heterocycles. The van der Waals surface area contributed by atoms with Crippen molar-refractivity contribution in [2.45, 2.75) is 0 Å². The van der Waals surface area contributed by atoms with Crippen LogP contribution < -0.4 is 0 Å². The van der Waals surface area contributed by atoms with Crippen LogP contribution in [-0.2, 0) is 26.3 Å². The second-order valence-electron chi connectivity index (χ2n) is 0.513. The predicted octanol–water partition coefficient (Wildman–Crippen LogP) is -1.16. The average Bonchev–Trinajstić information content (AvgIpc) is 0.722. The van der Waals surface area contributed by atoms with Gasteiger partial charge in [0.2, 0.25) is 0 Å². The van der Waals surface area contributed by atoms with E-state index in [0.29, 0.717) is 0 Å². The van der Waals surface area contributed by atoms with Crippen molar-refractivity contribution in [3.63, 3.8) is 0 Å². The van der Waals surface area contributed by atoms with Crippen molar-refractivity contribution in [2.24, 2.45) is 0 Å². The van der Waals surface area contributed by atoms with Crippen molar-refractivity contribution in [1.29, 1.82) is 0 Å². The van der Waals surface area contributed by atoms with E-state index in [1.54, 1.807) is 0 Å². The third-order valence-corrected chi connectivity index (χ3v) is 0. The van der Waals surface area contributed by atoms with Crippen molar-refractivity contribution < 1.29 is 45.7 Å². The van der Waals surface area contributed by atoms with E-state index >= 15 is 0 Å². The summed E-state index contributed by atoms with van der Waals surface area (Å²) >= 11 is 0. The minimum absolute atomic E-state index is 0. The summed E-state index contributed by atoms with van der Waals surface area (Å²) in [5.41, 5.74) is 0. The first-order valence-electron chi connectivity index (χ1n) is 0.783. The molecule has 1 radical (unpaired) electrons. The normalized spacial score (nSPS) is 7.38. The summed E-state index contributed by atoms with van der Waals surface area (Å²) in [6.45, 7) is 0. The molecule has 45 valence electrons. The van der Waals surface area contributed by atoms with Crippen molar-refractivity contribution in [1.82, 2.24) is 0 Å². The van der Waals surface area contributed by atoms with Gasteiger partial charge in [-0.15, -0.1) is 0 Å².